The molecule has 0 spiro atoms. The van der Waals surface area contributed by atoms with Gasteiger partial charge in [-0.05, 0) is 36.1 Å². The zero-order chi connectivity index (χ0) is 21.8. The molecule has 0 amide bonds. The number of aromatic amines is 1. The average molecular weight is 419 g/mol. The molecule has 0 unspecified atom stereocenters. The van der Waals surface area contributed by atoms with Crippen molar-refractivity contribution in [1.29, 1.82) is 0 Å². The smallest absolute Gasteiger partial charge is 0.167 e. The number of pyridine rings is 3. The van der Waals surface area contributed by atoms with E-state index in [1.807, 2.05) is 30.7 Å². The highest BCUT2D eigenvalue weighted by atomic mass is 14.7. The molecule has 0 aliphatic rings. The number of nitrogens with zero attached hydrogens (tertiary/aromatic N) is 2. The number of hydrogen-bond donors (Lipinski definition) is 1. The lowest BCUT2D eigenvalue weighted by Gasteiger charge is -2.14. The van der Waals surface area contributed by atoms with E-state index in [1.54, 1.807) is 0 Å². The molecule has 2 aromatic carbocycles. The summed E-state index contributed by atoms with van der Waals surface area (Å²) in [6.45, 7) is 0.783. The quantitative estimate of drug-likeness (QED) is 0.447. The lowest BCUT2D eigenvalue weighted by Crippen LogP contribution is -2.47. The molecule has 0 atom stereocenters. The van der Waals surface area contributed by atoms with E-state index in [9.17, 15) is 0 Å². The fraction of sp³-hybridized carbons (Fsp3) is 0.107. The number of nitrogens with one attached hydrogen (secondary N) is 1. The first kappa shape index (κ1) is 20.0. The van der Waals surface area contributed by atoms with E-state index in [0.29, 0.717) is 0 Å². The molecule has 4 nitrogen and oxygen atoms in total. The van der Waals surface area contributed by atoms with Crippen LogP contribution in [0.3, 0.4) is 0 Å². The lowest BCUT2D eigenvalue weighted by molar-refractivity contribution is -0.386. The Hall–Kier alpha value is -3.89. The zero-order valence-electron chi connectivity index (χ0n) is 18.0. The van der Waals surface area contributed by atoms with E-state index in [-0.39, 0.29) is 0 Å². The molecule has 3 heterocycles. The maximum Gasteiger partial charge on any atom is 0.167 e. The van der Waals surface area contributed by atoms with Gasteiger partial charge in [0.15, 0.2) is 12.4 Å². The number of H-pyrrole nitrogens is 1. The van der Waals surface area contributed by atoms with Gasteiger partial charge in [0, 0.05) is 40.4 Å². The van der Waals surface area contributed by atoms with E-state index >= 15 is 0 Å². The first-order valence-corrected chi connectivity index (χ1v) is 11.0. The third-order valence-electron chi connectivity index (χ3n) is 5.86. The Morgan fingerprint density at radius 2 is 1.53 bits per heavy atom. The summed E-state index contributed by atoms with van der Waals surface area (Å²) in [4.78, 5) is 12.9. The molecule has 0 aliphatic carbocycles. The van der Waals surface area contributed by atoms with Gasteiger partial charge in [-0.15, -0.1) is 0 Å². The highest BCUT2D eigenvalue weighted by molar-refractivity contribution is 5.92. The fourth-order valence-electron chi connectivity index (χ4n) is 4.09. The minimum Gasteiger partial charge on any atom is -0.354 e. The van der Waals surface area contributed by atoms with E-state index < -0.39 is 0 Å². The van der Waals surface area contributed by atoms with Crippen LogP contribution in [0.1, 0.15) is 16.8 Å². The molecule has 0 radical (unpaired) electrons. The molecule has 32 heavy (non-hydrogen) atoms. The molecule has 3 aromatic heterocycles. The molecule has 0 fully saturated rings. The van der Waals surface area contributed by atoms with Gasteiger partial charge in [0.2, 0.25) is 0 Å². The second kappa shape index (κ2) is 9.08. The molecular weight excluding hydrogens is 392 g/mol. The van der Waals surface area contributed by atoms with Crippen molar-refractivity contribution in [3.05, 3.63) is 114 Å². The van der Waals surface area contributed by atoms with Crippen molar-refractivity contribution in [2.45, 2.75) is 19.4 Å². The van der Waals surface area contributed by atoms with Crippen LogP contribution in [-0.2, 0) is 19.4 Å². The monoisotopic (exact) mass is 418 g/mol. The normalized spacial score (nSPS) is 11.0. The van der Waals surface area contributed by atoms with Crippen molar-refractivity contribution in [2.24, 2.45) is 0 Å². The number of hydrogen-bond acceptors (Lipinski definition) is 2. The molecule has 4 N–H and O–H groups in total. The van der Waals surface area contributed by atoms with Crippen molar-refractivity contribution in [2.75, 3.05) is 0 Å². The van der Waals surface area contributed by atoms with Gasteiger partial charge < -0.3 is 5.73 Å². The number of aryl methyl sites for hydroxylation is 2. The molecule has 156 valence electrons. The highest BCUT2D eigenvalue weighted by Gasteiger charge is 2.14. The van der Waals surface area contributed by atoms with Gasteiger partial charge in [0.05, 0.1) is 23.4 Å². The summed E-state index contributed by atoms with van der Waals surface area (Å²) in [5.74, 6) is 0. The van der Waals surface area contributed by atoms with Gasteiger partial charge in [0.1, 0.15) is 0 Å². The van der Waals surface area contributed by atoms with Gasteiger partial charge in [-0.2, -0.15) is 0 Å². The Labute approximate surface area is 187 Å². The van der Waals surface area contributed by atoms with Crippen molar-refractivity contribution >= 4 is 10.9 Å². The van der Waals surface area contributed by atoms with Gasteiger partial charge >= 0.3 is 0 Å². The molecule has 0 bridgehead atoms. The average Bonchev–Trinajstić information content (AvgIpc) is 2.88. The third-order valence-corrected chi connectivity index (χ3v) is 5.86. The van der Waals surface area contributed by atoms with E-state index in [0.717, 1.165) is 58.4 Å². The summed E-state index contributed by atoms with van der Waals surface area (Å²) >= 11 is 0. The van der Waals surface area contributed by atoms with Crippen molar-refractivity contribution in [3.63, 3.8) is 0 Å². The van der Waals surface area contributed by atoms with Crippen LogP contribution in [0.15, 0.2) is 97.5 Å². The van der Waals surface area contributed by atoms with Crippen LogP contribution in [0.4, 0.5) is 0 Å². The maximum atomic E-state index is 5.13. The highest BCUT2D eigenvalue weighted by Crippen LogP contribution is 2.34. The summed E-state index contributed by atoms with van der Waals surface area (Å²) in [5.41, 5.74) is 13.0. The predicted molar refractivity (Wildman–Crippen MR) is 127 cm³/mol. The van der Waals surface area contributed by atoms with E-state index in [4.69, 9.17) is 9.97 Å². The maximum absolute atomic E-state index is 5.13. The lowest BCUT2D eigenvalue weighted by atomic mass is 9.96. The molecule has 5 aromatic rings. The van der Waals surface area contributed by atoms with Gasteiger partial charge in [0.25, 0.3) is 0 Å². The van der Waals surface area contributed by atoms with Crippen molar-refractivity contribution in [1.82, 2.24) is 9.97 Å². The third kappa shape index (κ3) is 4.13. The summed E-state index contributed by atoms with van der Waals surface area (Å²) in [6, 6.07) is 27.6. The fourth-order valence-corrected chi connectivity index (χ4v) is 4.09. The largest absolute Gasteiger partial charge is 0.354 e. The van der Waals surface area contributed by atoms with Crippen LogP contribution in [0.2, 0.25) is 0 Å². The van der Waals surface area contributed by atoms with Crippen molar-refractivity contribution < 1.29 is 10.7 Å². The van der Waals surface area contributed by atoms with Crippen LogP contribution in [0.25, 0.3) is 33.3 Å². The van der Waals surface area contributed by atoms with Crippen LogP contribution < -0.4 is 10.7 Å². The SMILES string of the molecule is [NH3+]Cc1ccc(-c2nc3ccnc(CCc4cc[nH+]cc4)c3cc2-c2ccccc2)cc1. The van der Waals surface area contributed by atoms with Crippen LogP contribution in [0.5, 0.6) is 0 Å². The molecular formula is C28H26N4+2. The van der Waals surface area contributed by atoms with E-state index in [2.05, 4.69) is 77.4 Å². The van der Waals surface area contributed by atoms with Crippen LogP contribution in [0, 0.1) is 0 Å². The molecule has 4 heteroatoms. The number of rotatable bonds is 6. The standard InChI is InChI=1S/C28H24N4/c29-19-21-6-9-23(10-7-21)28-24(22-4-2-1-3-5-22)18-25-26(31-17-14-27(25)32-28)11-8-20-12-15-30-16-13-20/h1-7,9-10,12-18H,8,11,19,29H2/p+2. The first-order chi connectivity index (χ1) is 15.8. The van der Waals surface area contributed by atoms with Crippen LogP contribution >= 0.6 is 0 Å². The molecule has 0 aliphatic heterocycles. The Morgan fingerprint density at radius 1 is 0.750 bits per heavy atom. The number of fused-ring (bicyclic) bond motifs is 1. The molecule has 0 saturated heterocycles. The minimum absolute atomic E-state index is 0.783. The second-order valence-electron chi connectivity index (χ2n) is 7.93. The minimum atomic E-state index is 0.783. The van der Waals surface area contributed by atoms with E-state index in [1.165, 1.54) is 11.1 Å². The second-order valence-corrected chi connectivity index (χ2v) is 7.93. The number of quaternary nitrogens is 1. The summed E-state index contributed by atoms with van der Waals surface area (Å²) < 4.78 is 0. The zero-order valence-corrected chi connectivity index (χ0v) is 18.0. The van der Waals surface area contributed by atoms with Gasteiger partial charge in [-0.3, -0.25) is 4.98 Å². The summed E-state index contributed by atoms with van der Waals surface area (Å²) in [5, 5.41) is 1.12. The summed E-state index contributed by atoms with van der Waals surface area (Å²) in [6.07, 6.45) is 7.62. The van der Waals surface area contributed by atoms with Crippen LogP contribution in [-0.4, -0.2) is 9.97 Å². The Kier molecular flexibility index (Phi) is 5.69. The topological polar surface area (TPSA) is 67.6 Å². The van der Waals surface area contributed by atoms with Crippen molar-refractivity contribution in [3.8, 4) is 22.4 Å². The molecule has 5 rings (SSSR count). The molecule has 0 saturated carbocycles. The Bertz CT molecular complexity index is 1330. The number of aromatic nitrogens is 3. The Morgan fingerprint density at radius 3 is 2.28 bits per heavy atom. The van der Waals surface area contributed by atoms with Gasteiger partial charge in [-0.25, -0.2) is 9.97 Å². The first-order valence-electron chi connectivity index (χ1n) is 11.0. The summed E-state index contributed by atoms with van der Waals surface area (Å²) in [7, 11) is 0. The Balaban J connectivity index is 1.63. The number of benzene rings is 2. The predicted octanol–water partition coefficient (Wildman–Crippen LogP) is 4.31. The van der Waals surface area contributed by atoms with Gasteiger partial charge in [-0.1, -0.05) is 54.6 Å².